The van der Waals surface area contributed by atoms with E-state index < -0.39 is 0 Å². The molecule has 0 spiro atoms. The molecule has 2 aromatic rings. The molecular formula is C13H11N3O2S. The highest BCUT2D eigenvalue weighted by molar-refractivity contribution is 7.03. The first kappa shape index (κ1) is 13.2. The molecule has 0 bridgehead atoms. The summed E-state index contributed by atoms with van der Waals surface area (Å²) in [6.45, 7) is 1.72. The molecule has 0 saturated carbocycles. The van der Waals surface area contributed by atoms with Crippen molar-refractivity contribution in [2.24, 2.45) is 0 Å². The Bertz CT molecular complexity index is 642. The fourth-order valence-corrected chi connectivity index (χ4v) is 1.86. The number of hydrogen-bond acceptors (Lipinski definition) is 5. The van der Waals surface area contributed by atoms with Gasteiger partial charge in [-0.2, -0.15) is 0 Å². The molecule has 0 aliphatic rings. The number of aromatic nitrogens is 2. The second kappa shape index (κ2) is 6.09. The first-order chi connectivity index (χ1) is 9.20. The molecule has 0 atom stereocenters. The first-order valence-electron chi connectivity index (χ1n) is 5.49. The summed E-state index contributed by atoms with van der Waals surface area (Å²) in [7, 11) is 0. The van der Waals surface area contributed by atoms with Gasteiger partial charge in [0, 0.05) is 16.6 Å². The van der Waals surface area contributed by atoms with Gasteiger partial charge in [-0.1, -0.05) is 22.4 Å². The fraction of sp³-hybridized carbons (Fsp3) is 0.154. The van der Waals surface area contributed by atoms with Gasteiger partial charge in [0.2, 0.25) is 0 Å². The van der Waals surface area contributed by atoms with Gasteiger partial charge in [0.05, 0.1) is 0 Å². The van der Waals surface area contributed by atoms with Gasteiger partial charge >= 0.3 is 0 Å². The number of rotatable bonds is 2. The molecule has 5 nitrogen and oxygen atoms in total. The molecule has 1 heterocycles. The van der Waals surface area contributed by atoms with Gasteiger partial charge in [-0.25, -0.2) is 0 Å². The van der Waals surface area contributed by atoms with Crippen LogP contribution < -0.4 is 5.32 Å². The lowest BCUT2D eigenvalue weighted by Crippen LogP contribution is -2.12. The van der Waals surface area contributed by atoms with Crippen molar-refractivity contribution < 1.29 is 9.90 Å². The quantitative estimate of drug-likeness (QED) is 0.812. The highest BCUT2D eigenvalue weighted by Gasteiger charge is 2.09. The van der Waals surface area contributed by atoms with Crippen LogP contribution in [0.15, 0.2) is 23.6 Å². The van der Waals surface area contributed by atoms with Crippen LogP contribution in [0.5, 0.6) is 0 Å². The zero-order chi connectivity index (χ0) is 13.7. The Morgan fingerprint density at radius 2 is 2.37 bits per heavy atom. The number of hydrogen-bond donors (Lipinski definition) is 2. The molecule has 1 amide bonds. The maximum atomic E-state index is 11.8. The smallest absolute Gasteiger partial charge is 0.277 e. The van der Waals surface area contributed by atoms with E-state index in [1.807, 2.05) is 13.0 Å². The van der Waals surface area contributed by atoms with Gasteiger partial charge < -0.3 is 10.4 Å². The second-order valence-corrected chi connectivity index (χ2v) is 4.34. The highest BCUT2D eigenvalue weighted by Crippen LogP contribution is 2.15. The lowest BCUT2D eigenvalue weighted by atomic mass is 10.1. The van der Waals surface area contributed by atoms with Crippen molar-refractivity contribution >= 4 is 23.1 Å². The average Bonchev–Trinajstić information content (AvgIpc) is 2.93. The minimum absolute atomic E-state index is 0.194. The number of nitrogens with zero attached hydrogens (tertiary/aromatic N) is 2. The van der Waals surface area contributed by atoms with Gasteiger partial charge in [0.25, 0.3) is 5.91 Å². The SMILES string of the molecule is Cc1ccc(NC(=O)c2csnn2)cc1C#CCO. The van der Waals surface area contributed by atoms with Crippen molar-refractivity contribution in [2.45, 2.75) is 6.92 Å². The largest absolute Gasteiger partial charge is 0.384 e. The van der Waals surface area contributed by atoms with E-state index in [4.69, 9.17) is 5.11 Å². The number of aliphatic hydroxyl groups is 1. The van der Waals surface area contributed by atoms with Gasteiger partial charge in [-0.3, -0.25) is 4.79 Å². The van der Waals surface area contributed by atoms with Crippen LogP contribution in [0.3, 0.4) is 0 Å². The van der Waals surface area contributed by atoms with Gasteiger partial charge in [-0.15, -0.1) is 5.10 Å². The maximum absolute atomic E-state index is 11.8. The molecule has 0 unspecified atom stereocenters. The summed E-state index contributed by atoms with van der Waals surface area (Å²) < 4.78 is 3.64. The molecule has 0 fully saturated rings. The summed E-state index contributed by atoms with van der Waals surface area (Å²) in [5, 5.41) is 16.7. The zero-order valence-electron chi connectivity index (χ0n) is 10.2. The van der Waals surface area contributed by atoms with Crippen molar-refractivity contribution in [3.05, 3.63) is 40.4 Å². The Balaban J connectivity index is 2.19. The van der Waals surface area contributed by atoms with E-state index in [1.54, 1.807) is 17.5 Å². The number of carbonyl (C=O) groups excluding carboxylic acids is 1. The normalized spacial score (nSPS) is 9.58. The van der Waals surface area contributed by atoms with Crippen molar-refractivity contribution in [1.82, 2.24) is 9.59 Å². The maximum Gasteiger partial charge on any atom is 0.277 e. The van der Waals surface area contributed by atoms with Crippen molar-refractivity contribution in [2.75, 3.05) is 11.9 Å². The van der Waals surface area contributed by atoms with E-state index >= 15 is 0 Å². The van der Waals surface area contributed by atoms with Crippen molar-refractivity contribution in [3.8, 4) is 11.8 Å². The van der Waals surface area contributed by atoms with Gasteiger partial charge in [-0.05, 0) is 36.2 Å². The van der Waals surface area contributed by atoms with E-state index in [0.29, 0.717) is 5.69 Å². The van der Waals surface area contributed by atoms with Crippen LogP contribution in [-0.4, -0.2) is 27.2 Å². The monoisotopic (exact) mass is 273 g/mol. The molecule has 0 saturated heterocycles. The topological polar surface area (TPSA) is 75.1 Å². The Kier molecular flexibility index (Phi) is 4.23. The lowest BCUT2D eigenvalue weighted by molar-refractivity contribution is 0.102. The van der Waals surface area contributed by atoms with E-state index in [1.165, 1.54) is 0 Å². The van der Waals surface area contributed by atoms with Gasteiger partial charge in [0.1, 0.15) is 6.61 Å². The molecule has 19 heavy (non-hydrogen) atoms. The number of carbonyl (C=O) groups is 1. The molecular weight excluding hydrogens is 262 g/mol. The molecule has 2 N–H and O–H groups in total. The molecule has 96 valence electrons. The van der Waals surface area contributed by atoms with Crippen LogP contribution >= 0.6 is 11.5 Å². The Hall–Kier alpha value is -2.23. The van der Waals surface area contributed by atoms with E-state index in [0.717, 1.165) is 22.7 Å². The van der Waals surface area contributed by atoms with Crippen LogP contribution in [0.2, 0.25) is 0 Å². The number of aliphatic hydroxyl groups excluding tert-OH is 1. The molecule has 1 aromatic carbocycles. The first-order valence-corrected chi connectivity index (χ1v) is 6.33. The molecule has 6 heteroatoms. The van der Waals surface area contributed by atoms with E-state index in [2.05, 4.69) is 26.7 Å². The van der Waals surface area contributed by atoms with Crippen LogP contribution in [0, 0.1) is 18.8 Å². The summed E-state index contributed by atoms with van der Waals surface area (Å²) in [5.74, 6) is 5.11. The highest BCUT2D eigenvalue weighted by atomic mass is 32.1. The summed E-state index contributed by atoms with van der Waals surface area (Å²) in [5.41, 5.74) is 2.66. The Labute approximate surface area is 114 Å². The Morgan fingerprint density at radius 1 is 1.53 bits per heavy atom. The van der Waals surface area contributed by atoms with E-state index in [-0.39, 0.29) is 18.2 Å². The zero-order valence-corrected chi connectivity index (χ0v) is 11.0. The molecule has 0 radical (unpaired) electrons. The summed E-state index contributed by atoms with van der Waals surface area (Å²) in [4.78, 5) is 11.8. The summed E-state index contributed by atoms with van der Waals surface area (Å²) in [6.07, 6.45) is 0. The number of benzene rings is 1. The van der Waals surface area contributed by atoms with Crippen molar-refractivity contribution in [3.63, 3.8) is 0 Å². The predicted molar refractivity (Wildman–Crippen MR) is 73.0 cm³/mol. The third-order valence-electron chi connectivity index (χ3n) is 2.39. The predicted octanol–water partition coefficient (Wildman–Crippen LogP) is 1.44. The van der Waals surface area contributed by atoms with Crippen LogP contribution in [0.25, 0.3) is 0 Å². The third kappa shape index (κ3) is 3.37. The molecule has 0 aliphatic carbocycles. The molecule has 0 aliphatic heterocycles. The minimum Gasteiger partial charge on any atom is -0.384 e. The number of aryl methyl sites for hydroxylation is 1. The number of nitrogens with one attached hydrogen (secondary N) is 1. The molecule has 2 rings (SSSR count). The number of amides is 1. The third-order valence-corrected chi connectivity index (χ3v) is 2.89. The summed E-state index contributed by atoms with van der Waals surface area (Å²) in [6, 6.07) is 5.41. The van der Waals surface area contributed by atoms with Crippen LogP contribution in [-0.2, 0) is 0 Å². The summed E-state index contributed by atoms with van der Waals surface area (Å²) >= 11 is 1.12. The lowest BCUT2D eigenvalue weighted by Gasteiger charge is -2.05. The standard InChI is InChI=1S/C13H11N3O2S/c1-9-4-5-11(7-10(9)3-2-6-17)14-13(18)12-8-19-16-15-12/h4-5,7-8,17H,6H2,1H3,(H,14,18). The molecule has 1 aromatic heterocycles. The minimum atomic E-state index is -0.307. The van der Waals surface area contributed by atoms with Crippen molar-refractivity contribution in [1.29, 1.82) is 0 Å². The van der Waals surface area contributed by atoms with E-state index in [9.17, 15) is 4.79 Å². The number of anilines is 1. The second-order valence-electron chi connectivity index (χ2n) is 3.73. The van der Waals surface area contributed by atoms with Crippen LogP contribution in [0.1, 0.15) is 21.6 Å². The van der Waals surface area contributed by atoms with Crippen LogP contribution in [0.4, 0.5) is 5.69 Å². The fourth-order valence-electron chi connectivity index (χ4n) is 1.43. The van der Waals surface area contributed by atoms with Gasteiger partial charge in [0.15, 0.2) is 5.69 Å². The average molecular weight is 273 g/mol. The Morgan fingerprint density at radius 3 is 3.05 bits per heavy atom.